The molecule has 1 amide bonds. The molecule has 0 bridgehead atoms. The summed E-state index contributed by atoms with van der Waals surface area (Å²) in [6.45, 7) is 0.569. The van der Waals surface area contributed by atoms with E-state index in [0.29, 0.717) is 24.4 Å². The Labute approximate surface area is 160 Å². The molecule has 1 aliphatic heterocycles. The lowest BCUT2D eigenvalue weighted by Crippen LogP contribution is -2.42. The molecule has 0 atom stereocenters. The first kappa shape index (κ1) is 18.4. The lowest BCUT2D eigenvalue weighted by atomic mass is 10.1. The monoisotopic (exact) mass is 404 g/mol. The van der Waals surface area contributed by atoms with Crippen molar-refractivity contribution in [1.82, 2.24) is 10.1 Å². The van der Waals surface area contributed by atoms with Crippen molar-refractivity contribution in [3.63, 3.8) is 0 Å². The quantitative estimate of drug-likeness (QED) is 0.620. The average molecular weight is 404 g/mol. The van der Waals surface area contributed by atoms with Crippen molar-refractivity contribution >= 4 is 15.7 Å². The van der Waals surface area contributed by atoms with E-state index in [1.807, 2.05) is 0 Å². The number of hydrogen-bond acceptors (Lipinski definition) is 6. The fraction of sp³-hybridized carbons (Fsp3) is 0.263. The molecule has 1 aromatic carbocycles. The Balaban J connectivity index is 1.42. The van der Waals surface area contributed by atoms with E-state index in [2.05, 4.69) is 5.16 Å². The van der Waals surface area contributed by atoms with Gasteiger partial charge >= 0.3 is 0 Å². The molecule has 146 valence electrons. The summed E-state index contributed by atoms with van der Waals surface area (Å²) < 4.78 is 48.8. The van der Waals surface area contributed by atoms with E-state index in [0.717, 1.165) is 12.1 Å². The molecule has 9 heteroatoms. The molecule has 0 radical (unpaired) electrons. The Kier molecular flexibility index (Phi) is 4.76. The number of furan rings is 1. The van der Waals surface area contributed by atoms with Crippen LogP contribution in [0.15, 0.2) is 62.6 Å². The average Bonchev–Trinajstić information content (AvgIpc) is 3.39. The number of halogens is 1. The third kappa shape index (κ3) is 3.45. The van der Waals surface area contributed by atoms with Gasteiger partial charge in [0.1, 0.15) is 5.82 Å². The van der Waals surface area contributed by atoms with Crippen LogP contribution in [0.25, 0.3) is 11.5 Å². The molecule has 1 fully saturated rings. The molecule has 3 aromatic rings. The van der Waals surface area contributed by atoms with Gasteiger partial charge < -0.3 is 13.8 Å². The topological polar surface area (TPSA) is 93.6 Å². The van der Waals surface area contributed by atoms with Crippen molar-refractivity contribution in [3.8, 4) is 11.5 Å². The van der Waals surface area contributed by atoms with Gasteiger partial charge in [0.2, 0.25) is 5.76 Å². The van der Waals surface area contributed by atoms with Gasteiger partial charge in [-0.3, -0.25) is 4.79 Å². The molecule has 4 rings (SSSR count). The number of rotatable bonds is 4. The number of amides is 1. The molecule has 0 aliphatic carbocycles. The van der Waals surface area contributed by atoms with Crippen LogP contribution in [0.1, 0.15) is 23.3 Å². The lowest BCUT2D eigenvalue weighted by Gasteiger charge is -2.31. The summed E-state index contributed by atoms with van der Waals surface area (Å²) in [5, 5.41) is 3.18. The van der Waals surface area contributed by atoms with E-state index in [4.69, 9.17) is 8.94 Å². The molecule has 1 aliphatic rings. The molecule has 2 aromatic heterocycles. The van der Waals surface area contributed by atoms with E-state index in [9.17, 15) is 17.6 Å². The highest BCUT2D eigenvalue weighted by Crippen LogP contribution is 2.26. The molecular formula is C19H17FN2O5S. The van der Waals surface area contributed by atoms with Gasteiger partial charge in [0.05, 0.1) is 16.4 Å². The number of likely N-dealkylation sites (tertiary alicyclic amines) is 1. The van der Waals surface area contributed by atoms with Crippen LogP contribution in [-0.2, 0) is 9.84 Å². The Morgan fingerprint density at radius 1 is 1.11 bits per heavy atom. The summed E-state index contributed by atoms with van der Waals surface area (Å²) >= 11 is 0. The van der Waals surface area contributed by atoms with Crippen molar-refractivity contribution in [2.75, 3.05) is 13.1 Å². The summed E-state index contributed by atoms with van der Waals surface area (Å²) in [5.74, 6) is 0.0119. The van der Waals surface area contributed by atoms with Gasteiger partial charge in [0, 0.05) is 19.2 Å². The molecule has 7 nitrogen and oxygen atoms in total. The highest BCUT2D eigenvalue weighted by Gasteiger charge is 2.33. The number of carbonyl (C=O) groups is 1. The molecule has 0 unspecified atom stereocenters. The molecular weight excluding hydrogens is 387 g/mol. The maximum absolute atomic E-state index is 13.1. The maximum atomic E-state index is 13.1. The number of nitrogens with zero attached hydrogens (tertiary/aromatic N) is 2. The number of carbonyl (C=O) groups excluding carboxylic acids is 1. The van der Waals surface area contributed by atoms with Crippen LogP contribution in [0.5, 0.6) is 0 Å². The van der Waals surface area contributed by atoms with E-state index in [1.165, 1.54) is 24.5 Å². The second-order valence-electron chi connectivity index (χ2n) is 6.54. The van der Waals surface area contributed by atoms with Gasteiger partial charge in [-0.05, 0) is 49.2 Å². The zero-order valence-electron chi connectivity index (χ0n) is 14.7. The molecule has 0 saturated carbocycles. The summed E-state index contributed by atoms with van der Waals surface area (Å²) in [5.41, 5.74) is 0.145. The van der Waals surface area contributed by atoms with E-state index in [-0.39, 0.29) is 29.6 Å². The second-order valence-corrected chi connectivity index (χ2v) is 8.77. The van der Waals surface area contributed by atoms with Crippen LogP contribution in [0.2, 0.25) is 0 Å². The molecule has 3 heterocycles. The van der Waals surface area contributed by atoms with Crippen molar-refractivity contribution in [2.24, 2.45) is 0 Å². The minimum atomic E-state index is -3.57. The predicted octanol–water partition coefficient (Wildman–Crippen LogP) is 3.15. The van der Waals surface area contributed by atoms with Crippen molar-refractivity contribution in [2.45, 2.75) is 23.0 Å². The zero-order chi connectivity index (χ0) is 19.7. The van der Waals surface area contributed by atoms with Gasteiger partial charge in [-0.1, -0.05) is 5.16 Å². The fourth-order valence-corrected chi connectivity index (χ4v) is 4.99. The van der Waals surface area contributed by atoms with E-state index in [1.54, 1.807) is 17.0 Å². The summed E-state index contributed by atoms with van der Waals surface area (Å²) in [4.78, 5) is 14.3. The SMILES string of the molecule is O=C(c1cc(-c2ccco2)on1)N1CCC(S(=O)(=O)c2ccc(F)cc2)CC1. The van der Waals surface area contributed by atoms with Crippen molar-refractivity contribution in [3.05, 3.63) is 60.2 Å². The first-order valence-corrected chi connectivity index (χ1v) is 10.3. The minimum Gasteiger partial charge on any atom is -0.461 e. The second kappa shape index (κ2) is 7.23. The summed E-state index contributed by atoms with van der Waals surface area (Å²) in [7, 11) is -3.57. The summed E-state index contributed by atoms with van der Waals surface area (Å²) in [6, 6.07) is 9.70. The van der Waals surface area contributed by atoms with E-state index < -0.39 is 20.9 Å². The number of piperidine rings is 1. The Morgan fingerprint density at radius 2 is 1.82 bits per heavy atom. The molecule has 1 saturated heterocycles. The van der Waals surface area contributed by atoms with Crippen LogP contribution >= 0.6 is 0 Å². The Hall–Kier alpha value is -2.94. The number of benzene rings is 1. The van der Waals surface area contributed by atoms with Gasteiger partial charge in [-0.25, -0.2) is 12.8 Å². The van der Waals surface area contributed by atoms with Crippen molar-refractivity contribution < 1.29 is 26.5 Å². The maximum Gasteiger partial charge on any atom is 0.276 e. The summed E-state index contributed by atoms with van der Waals surface area (Å²) in [6.07, 6.45) is 2.09. The van der Waals surface area contributed by atoms with E-state index >= 15 is 0 Å². The highest BCUT2D eigenvalue weighted by atomic mass is 32.2. The standard InChI is InChI=1S/C19H17FN2O5S/c20-13-3-5-14(6-4-13)28(24,25)15-7-9-22(10-8-15)19(23)16-12-18(27-21-16)17-2-1-11-26-17/h1-6,11-12,15H,7-10H2. The fourth-order valence-electron chi connectivity index (χ4n) is 3.26. The third-order valence-electron chi connectivity index (χ3n) is 4.80. The van der Waals surface area contributed by atoms with Gasteiger partial charge in [-0.15, -0.1) is 0 Å². The normalized spacial score (nSPS) is 15.7. The van der Waals surface area contributed by atoms with Crippen LogP contribution in [0.4, 0.5) is 4.39 Å². The van der Waals surface area contributed by atoms with Crippen LogP contribution < -0.4 is 0 Å². The highest BCUT2D eigenvalue weighted by molar-refractivity contribution is 7.92. The Bertz CT molecular complexity index is 1070. The smallest absolute Gasteiger partial charge is 0.276 e. The molecule has 0 N–H and O–H groups in total. The third-order valence-corrected chi connectivity index (χ3v) is 7.08. The van der Waals surface area contributed by atoms with Gasteiger partial charge in [-0.2, -0.15) is 0 Å². The van der Waals surface area contributed by atoms with Crippen molar-refractivity contribution in [1.29, 1.82) is 0 Å². The van der Waals surface area contributed by atoms with Crippen LogP contribution in [-0.4, -0.2) is 42.7 Å². The van der Waals surface area contributed by atoms with Crippen LogP contribution in [0, 0.1) is 5.82 Å². The minimum absolute atomic E-state index is 0.0956. The molecule has 28 heavy (non-hydrogen) atoms. The number of sulfone groups is 1. The predicted molar refractivity (Wildman–Crippen MR) is 96.7 cm³/mol. The molecule has 0 spiro atoms. The zero-order valence-corrected chi connectivity index (χ0v) is 15.6. The largest absolute Gasteiger partial charge is 0.461 e. The van der Waals surface area contributed by atoms with Crippen LogP contribution in [0.3, 0.4) is 0 Å². The number of hydrogen-bond donors (Lipinski definition) is 0. The lowest BCUT2D eigenvalue weighted by molar-refractivity contribution is 0.0715. The first-order chi connectivity index (χ1) is 13.4. The first-order valence-electron chi connectivity index (χ1n) is 8.74. The Morgan fingerprint density at radius 3 is 2.46 bits per heavy atom. The number of aromatic nitrogens is 1. The van der Waals surface area contributed by atoms with Gasteiger partial charge in [0.15, 0.2) is 21.3 Å². The van der Waals surface area contributed by atoms with Gasteiger partial charge in [0.25, 0.3) is 5.91 Å².